The normalized spacial score (nSPS) is 12.5. The number of ether oxygens (including phenoxy) is 2. The average molecular weight is 346 g/mol. The largest absolute Gasteiger partial charge is 0.497 e. The number of aromatic nitrogens is 1. The van der Waals surface area contributed by atoms with Gasteiger partial charge >= 0.3 is 0 Å². The first-order valence-electron chi connectivity index (χ1n) is 8.78. The number of nitrogens with zero attached hydrogens (tertiary/aromatic N) is 2. The lowest BCUT2D eigenvalue weighted by Gasteiger charge is -2.24. The summed E-state index contributed by atoms with van der Waals surface area (Å²) in [7, 11) is 3.41. The summed E-state index contributed by atoms with van der Waals surface area (Å²) in [5.74, 6) is 0.876. The number of methoxy groups -OCH3 is 2. The molecule has 0 amide bonds. The highest BCUT2D eigenvalue weighted by Crippen LogP contribution is 2.16. The fraction of sp³-hybridized carbons (Fsp3) is 0.500. The lowest BCUT2D eigenvalue weighted by Crippen LogP contribution is -2.32. The quantitative estimate of drug-likeness (QED) is 0.636. The van der Waals surface area contributed by atoms with Crippen LogP contribution in [0.15, 0.2) is 42.6 Å². The van der Waals surface area contributed by atoms with E-state index < -0.39 is 0 Å². The maximum absolute atomic E-state index is 9.78. The highest BCUT2D eigenvalue weighted by Gasteiger charge is 2.12. The molecule has 0 unspecified atom stereocenters. The zero-order valence-electron chi connectivity index (χ0n) is 15.5. The fourth-order valence-corrected chi connectivity index (χ4v) is 2.98. The zero-order chi connectivity index (χ0) is 18.1. The predicted octanol–water partition coefficient (Wildman–Crippen LogP) is 2.76. The molecule has 0 saturated heterocycles. The Bertz CT molecular complexity index is 625. The molecule has 0 radical (unpaired) electrons. The van der Waals surface area contributed by atoms with Gasteiger partial charge in [0, 0.05) is 51.8 Å². The average Bonchev–Trinajstić information content (AvgIpc) is 3.01. The van der Waals surface area contributed by atoms with Crippen molar-refractivity contribution in [3.63, 3.8) is 0 Å². The van der Waals surface area contributed by atoms with E-state index in [-0.39, 0.29) is 6.10 Å². The van der Waals surface area contributed by atoms with Gasteiger partial charge in [0.25, 0.3) is 0 Å². The molecule has 0 aliphatic heterocycles. The smallest absolute Gasteiger partial charge is 0.119 e. The van der Waals surface area contributed by atoms with Crippen LogP contribution in [0.5, 0.6) is 5.75 Å². The maximum Gasteiger partial charge on any atom is 0.119 e. The molecular formula is C20H30N2O3. The van der Waals surface area contributed by atoms with Crippen LogP contribution in [0.2, 0.25) is 0 Å². The van der Waals surface area contributed by atoms with Crippen LogP contribution in [0, 0.1) is 0 Å². The number of aliphatic hydroxyl groups is 1. The summed E-state index contributed by atoms with van der Waals surface area (Å²) in [6.45, 7) is 5.75. The highest BCUT2D eigenvalue weighted by molar-refractivity contribution is 5.29. The zero-order valence-corrected chi connectivity index (χ0v) is 15.5. The molecule has 0 aliphatic rings. The van der Waals surface area contributed by atoms with Crippen molar-refractivity contribution < 1.29 is 14.6 Å². The van der Waals surface area contributed by atoms with E-state index >= 15 is 0 Å². The van der Waals surface area contributed by atoms with Gasteiger partial charge < -0.3 is 19.1 Å². The van der Waals surface area contributed by atoms with Crippen molar-refractivity contribution in [2.24, 2.45) is 0 Å². The molecule has 0 aliphatic carbocycles. The van der Waals surface area contributed by atoms with Crippen LogP contribution >= 0.6 is 0 Å². The minimum Gasteiger partial charge on any atom is -0.497 e. The van der Waals surface area contributed by atoms with E-state index in [0.717, 1.165) is 38.4 Å². The highest BCUT2D eigenvalue weighted by atomic mass is 16.5. The molecule has 1 atom stereocenters. The predicted molar refractivity (Wildman–Crippen MR) is 100.0 cm³/mol. The summed E-state index contributed by atoms with van der Waals surface area (Å²) in [4.78, 5) is 2.28. The molecule has 1 aromatic heterocycles. The summed E-state index contributed by atoms with van der Waals surface area (Å²) < 4.78 is 12.7. The Labute approximate surface area is 150 Å². The third-order valence-corrected chi connectivity index (χ3v) is 4.14. The number of benzene rings is 1. The van der Waals surface area contributed by atoms with Gasteiger partial charge in [-0.1, -0.05) is 12.1 Å². The van der Waals surface area contributed by atoms with Gasteiger partial charge in [0.05, 0.1) is 13.2 Å². The Kier molecular flexibility index (Phi) is 7.98. The standard InChI is InChI=1S/C20H30N2O3/c1-17(23)14-21(10-6-12-24-2)16-19-8-5-11-22(19)15-18-7-4-9-20(13-18)25-3/h4-5,7-9,11,13,17,23H,6,10,12,14-16H2,1-3H3/t17-/m1/s1. The van der Waals surface area contributed by atoms with E-state index in [1.807, 2.05) is 19.1 Å². The third kappa shape index (κ3) is 6.53. The van der Waals surface area contributed by atoms with Crippen LogP contribution in [0.25, 0.3) is 0 Å². The van der Waals surface area contributed by atoms with E-state index in [1.54, 1.807) is 14.2 Å². The molecule has 1 aromatic carbocycles. The van der Waals surface area contributed by atoms with Crippen LogP contribution in [-0.4, -0.2) is 54.6 Å². The Morgan fingerprint density at radius 3 is 2.76 bits per heavy atom. The first-order valence-corrected chi connectivity index (χ1v) is 8.78. The van der Waals surface area contributed by atoms with Gasteiger partial charge in [-0.25, -0.2) is 0 Å². The van der Waals surface area contributed by atoms with Crippen LogP contribution in [0.4, 0.5) is 0 Å². The number of hydrogen-bond donors (Lipinski definition) is 1. The minimum atomic E-state index is -0.343. The van der Waals surface area contributed by atoms with Crippen LogP contribution < -0.4 is 4.74 Å². The van der Waals surface area contributed by atoms with E-state index in [2.05, 4.69) is 39.9 Å². The summed E-state index contributed by atoms with van der Waals surface area (Å²) in [6.07, 6.45) is 2.72. The molecule has 0 spiro atoms. The molecule has 0 bridgehead atoms. The molecule has 25 heavy (non-hydrogen) atoms. The molecule has 0 saturated carbocycles. The number of rotatable bonds is 11. The van der Waals surface area contributed by atoms with Crippen molar-refractivity contribution in [2.45, 2.75) is 32.5 Å². The second kappa shape index (κ2) is 10.2. The Balaban J connectivity index is 2.04. The van der Waals surface area contributed by atoms with Gasteiger partial charge in [0.2, 0.25) is 0 Å². The molecule has 5 nitrogen and oxygen atoms in total. The summed E-state index contributed by atoms with van der Waals surface area (Å²) in [5, 5.41) is 9.78. The van der Waals surface area contributed by atoms with Crippen molar-refractivity contribution in [3.8, 4) is 5.75 Å². The Morgan fingerprint density at radius 1 is 1.20 bits per heavy atom. The van der Waals surface area contributed by atoms with Gasteiger partial charge in [0.15, 0.2) is 0 Å². The third-order valence-electron chi connectivity index (χ3n) is 4.14. The van der Waals surface area contributed by atoms with Gasteiger partial charge in [-0.15, -0.1) is 0 Å². The van der Waals surface area contributed by atoms with Crippen molar-refractivity contribution in [1.29, 1.82) is 0 Å². The molecule has 1 heterocycles. The van der Waals surface area contributed by atoms with Crippen molar-refractivity contribution in [2.75, 3.05) is 33.9 Å². The van der Waals surface area contributed by atoms with Gasteiger partial charge in [-0.05, 0) is 43.2 Å². The monoisotopic (exact) mass is 346 g/mol. The molecule has 1 N–H and O–H groups in total. The number of hydrogen-bond acceptors (Lipinski definition) is 4. The van der Waals surface area contributed by atoms with Crippen molar-refractivity contribution in [1.82, 2.24) is 9.47 Å². The second-order valence-electron chi connectivity index (χ2n) is 6.41. The van der Waals surface area contributed by atoms with Crippen molar-refractivity contribution >= 4 is 0 Å². The van der Waals surface area contributed by atoms with Crippen molar-refractivity contribution in [3.05, 3.63) is 53.9 Å². The van der Waals surface area contributed by atoms with E-state index in [4.69, 9.17) is 9.47 Å². The number of aliphatic hydroxyl groups excluding tert-OH is 1. The molecule has 138 valence electrons. The fourth-order valence-electron chi connectivity index (χ4n) is 2.98. The van der Waals surface area contributed by atoms with Gasteiger partial charge in [-0.3, -0.25) is 4.90 Å². The SMILES string of the molecule is COCCCN(Cc1cccn1Cc1cccc(OC)c1)C[C@@H](C)O. The van der Waals surface area contributed by atoms with E-state index in [1.165, 1.54) is 11.3 Å². The molecule has 2 rings (SSSR count). The minimum absolute atomic E-state index is 0.343. The second-order valence-corrected chi connectivity index (χ2v) is 6.41. The summed E-state index contributed by atoms with van der Waals surface area (Å²) >= 11 is 0. The van der Waals surface area contributed by atoms with Gasteiger partial charge in [0.1, 0.15) is 5.75 Å². The van der Waals surface area contributed by atoms with E-state index in [9.17, 15) is 5.11 Å². The first-order chi connectivity index (χ1) is 12.1. The van der Waals surface area contributed by atoms with Crippen LogP contribution in [-0.2, 0) is 17.8 Å². The van der Waals surface area contributed by atoms with E-state index in [0.29, 0.717) is 6.54 Å². The summed E-state index contributed by atoms with van der Waals surface area (Å²) in [5.41, 5.74) is 2.44. The molecule has 0 fully saturated rings. The lowest BCUT2D eigenvalue weighted by atomic mass is 10.2. The Hall–Kier alpha value is -1.82. The Morgan fingerprint density at radius 2 is 2.04 bits per heavy atom. The van der Waals surface area contributed by atoms with Gasteiger partial charge in [-0.2, -0.15) is 0 Å². The van der Waals surface area contributed by atoms with Crippen LogP contribution in [0.1, 0.15) is 24.6 Å². The lowest BCUT2D eigenvalue weighted by molar-refractivity contribution is 0.109. The topological polar surface area (TPSA) is 46.9 Å². The summed E-state index contributed by atoms with van der Waals surface area (Å²) in [6, 6.07) is 12.4. The maximum atomic E-state index is 9.78. The molecular weight excluding hydrogens is 316 g/mol. The molecule has 2 aromatic rings. The van der Waals surface area contributed by atoms with Crippen LogP contribution in [0.3, 0.4) is 0 Å². The molecule has 5 heteroatoms. The first kappa shape index (κ1) is 19.5.